The summed E-state index contributed by atoms with van der Waals surface area (Å²) in [7, 11) is 0. The number of piperidine rings is 1. The number of H-pyrrole nitrogens is 1. The Morgan fingerprint density at radius 2 is 1.83 bits per heavy atom. The number of hydrogen-bond donors (Lipinski definition) is 3. The van der Waals surface area contributed by atoms with Gasteiger partial charge in [-0.2, -0.15) is 15.4 Å². The molecule has 4 rings (SSSR count). The van der Waals surface area contributed by atoms with Gasteiger partial charge in [0.15, 0.2) is 0 Å². The molecule has 1 aliphatic carbocycles. The van der Waals surface area contributed by atoms with Crippen LogP contribution in [0.25, 0.3) is 11.0 Å². The van der Waals surface area contributed by atoms with E-state index in [1.165, 1.54) is 25.7 Å². The molecule has 1 saturated heterocycles. The molecule has 3 N–H and O–H groups in total. The first-order valence-electron chi connectivity index (χ1n) is 8.90. The van der Waals surface area contributed by atoms with Gasteiger partial charge in [0.05, 0.1) is 0 Å². The zero-order valence-electron chi connectivity index (χ0n) is 13.8. The topological polar surface area (TPSA) is 85.9 Å². The standard InChI is InChI=1S/C17H24N6O/c24-17(19-13-5-6-15-16(11-13)21-22-20-15)18-12-7-9-23(10-8-12)14-3-1-2-4-14/h5-6,11-12,14H,1-4,7-10H2,(H2,18,19,24)(H,20,21,22). The van der Waals surface area contributed by atoms with Crippen LogP contribution in [0.2, 0.25) is 0 Å². The van der Waals surface area contributed by atoms with E-state index in [0.717, 1.165) is 48.7 Å². The van der Waals surface area contributed by atoms with E-state index in [9.17, 15) is 4.79 Å². The second-order valence-corrected chi connectivity index (χ2v) is 6.87. The number of likely N-dealkylation sites (tertiary alicyclic amines) is 1. The summed E-state index contributed by atoms with van der Waals surface area (Å²) in [6.45, 7) is 2.20. The summed E-state index contributed by atoms with van der Waals surface area (Å²) in [5, 5.41) is 16.6. The molecule has 1 aromatic heterocycles. The first kappa shape index (κ1) is 15.4. The van der Waals surface area contributed by atoms with Gasteiger partial charge in [-0.3, -0.25) is 0 Å². The lowest BCUT2D eigenvalue weighted by atomic mass is 10.0. The Kier molecular flexibility index (Phi) is 4.34. The zero-order chi connectivity index (χ0) is 16.4. The Labute approximate surface area is 141 Å². The lowest BCUT2D eigenvalue weighted by molar-refractivity contribution is 0.147. The smallest absolute Gasteiger partial charge is 0.319 e. The fraction of sp³-hybridized carbons (Fsp3) is 0.588. The average molecular weight is 328 g/mol. The lowest BCUT2D eigenvalue weighted by Gasteiger charge is -2.36. The Balaban J connectivity index is 1.27. The number of urea groups is 1. The SMILES string of the molecule is O=C(Nc1ccc2n[nH]nc2c1)NC1CCN(C2CCCC2)CC1. The molecule has 2 heterocycles. The largest absolute Gasteiger partial charge is 0.335 e. The number of benzene rings is 1. The molecule has 0 radical (unpaired) electrons. The third kappa shape index (κ3) is 3.36. The van der Waals surface area contributed by atoms with Crippen LogP contribution in [-0.4, -0.2) is 51.5 Å². The number of carbonyl (C=O) groups excluding carboxylic acids is 1. The first-order valence-corrected chi connectivity index (χ1v) is 8.90. The molecule has 1 aromatic carbocycles. The van der Waals surface area contributed by atoms with Crippen LogP contribution < -0.4 is 10.6 Å². The summed E-state index contributed by atoms with van der Waals surface area (Å²) in [6, 6.07) is 6.41. The van der Waals surface area contributed by atoms with E-state index >= 15 is 0 Å². The highest BCUT2D eigenvalue weighted by molar-refractivity contribution is 5.91. The second kappa shape index (κ2) is 6.76. The van der Waals surface area contributed by atoms with Crippen molar-refractivity contribution < 1.29 is 4.79 Å². The van der Waals surface area contributed by atoms with Crippen molar-refractivity contribution in [3.63, 3.8) is 0 Å². The van der Waals surface area contributed by atoms with Crippen molar-refractivity contribution in [2.24, 2.45) is 0 Å². The number of nitrogens with one attached hydrogen (secondary N) is 3. The van der Waals surface area contributed by atoms with Crippen LogP contribution in [0.5, 0.6) is 0 Å². The molecule has 0 unspecified atom stereocenters. The van der Waals surface area contributed by atoms with Crippen molar-refractivity contribution in [3.8, 4) is 0 Å². The third-order valence-electron chi connectivity index (χ3n) is 5.28. The molecule has 2 amide bonds. The van der Waals surface area contributed by atoms with Gasteiger partial charge in [-0.25, -0.2) is 4.79 Å². The highest BCUT2D eigenvalue weighted by Gasteiger charge is 2.27. The molecule has 128 valence electrons. The summed E-state index contributed by atoms with van der Waals surface area (Å²) in [4.78, 5) is 14.8. The van der Waals surface area contributed by atoms with Gasteiger partial charge >= 0.3 is 6.03 Å². The van der Waals surface area contributed by atoms with E-state index in [0.29, 0.717) is 0 Å². The molecule has 2 aromatic rings. The predicted octanol–water partition coefficient (Wildman–Crippen LogP) is 2.49. The van der Waals surface area contributed by atoms with Crippen molar-refractivity contribution in [1.29, 1.82) is 0 Å². The molecule has 7 nitrogen and oxygen atoms in total. The molecule has 0 atom stereocenters. The minimum Gasteiger partial charge on any atom is -0.335 e. The molecule has 0 spiro atoms. The minimum atomic E-state index is -0.142. The van der Waals surface area contributed by atoms with Crippen LogP contribution in [0.3, 0.4) is 0 Å². The van der Waals surface area contributed by atoms with Crippen molar-refractivity contribution in [1.82, 2.24) is 25.6 Å². The minimum absolute atomic E-state index is 0.142. The number of aromatic amines is 1. The Morgan fingerprint density at radius 1 is 1.08 bits per heavy atom. The fourth-order valence-electron chi connectivity index (χ4n) is 3.95. The van der Waals surface area contributed by atoms with Crippen molar-refractivity contribution in [3.05, 3.63) is 18.2 Å². The number of anilines is 1. The van der Waals surface area contributed by atoms with Crippen molar-refractivity contribution in [2.45, 2.75) is 50.6 Å². The number of nitrogens with zero attached hydrogens (tertiary/aromatic N) is 3. The van der Waals surface area contributed by atoms with Crippen LogP contribution in [0, 0.1) is 0 Å². The molecular weight excluding hydrogens is 304 g/mol. The third-order valence-corrected chi connectivity index (χ3v) is 5.28. The molecule has 1 aliphatic heterocycles. The van der Waals surface area contributed by atoms with Crippen LogP contribution >= 0.6 is 0 Å². The maximum Gasteiger partial charge on any atom is 0.319 e. The van der Waals surface area contributed by atoms with Gasteiger partial charge in [0.2, 0.25) is 0 Å². The summed E-state index contributed by atoms with van der Waals surface area (Å²) < 4.78 is 0. The molecule has 7 heteroatoms. The van der Waals surface area contributed by atoms with E-state index in [-0.39, 0.29) is 12.1 Å². The maximum absolute atomic E-state index is 12.2. The van der Waals surface area contributed by atoms with E-state index < -0.39 is 0 Å². The average Bonchev–Trinajstić information content (AvgIpc) is 3.26. The van der Waals surface area contributed by atoms with Gasteiger partial charge in [0.25, 0.3) is 0 Å². The molecule has 2 aliphatic rings. The van der Waals surface area contributed by atoms with Crippen LogP contribution in [0.1, 0.15) is 38.5 Å². The van der Waals surface area contributed by atoms with E-state index in [2.05, 4.69) is 30.9 Å². The maximum atomic E-state index is 12.2. The quantitative estimate of drug-likeness (QED) is 0.808. The predicted molar refractivity (Wildman–Crippen MR) is 92.9 cm³/mol. The molecular formula is C17H24N6O. The van der Waals surface area contributed by atoms with Crippen molar-refractivity contribution in [2.75, 3.05) is 18.4 Å². The van der Waals surface area contributed by atoms with Crippen LogP contribution in [0.4, 0.5) is 10.5 Å². The summed E-state index contributed by atoms with van der Waals surface area (Å²) in [6.07, 6.45) is 7.52. The van der Waals surface area contributed by atoms with Gasteiger partial charge in [-0.05, 0) is 43.9 Å². The van der Waals surface area contributed by atoms with Gasteiger partial charge in [-0.1, -0.05) is 12.8 Å². The van der Waals surface area contributed by atoms with Gasteiger partial charge in [0, 0.05) is 30.9 Å². The number of aromatic nitrogens is 3. The Morgan fingerprint density at radius 3 is 2.62 bits per heavy atom. The van der Waals surface area contributed by atoms with Crippen LogP contribution in [0.15, 0.2) is 18.2 Å². The van der Waals surface area contributed by atoms with Gasteiger partial charge in [-0.15, -0.1) is 0 Å². The van der Waals surface area contributed by atoms with Crippen molar-refractivity contribution >= 4 is 22.8 Å². The monoisotopic (exact) mass is 328 g/mol. The Hall–Kier alpha value is -2.15. The fourth-order valence-corrected chi connectivity index (χ4v) is 3.95. The second-order valence-electron chi connectivity index (χ2n) is 6.87. The summed E-state index contributed by atoms with van der Waals surface area (Å²) in [5.74, 6) is 0. The number of carbonyl (C=O) groups is 1. The molecule has 24 heavy (non-hydrogen) atoms. The molecule has 0 bridgehead atoms. The van der Waals surface area contributed by atoms with Gasteiger partial charge in [0.1, 0.15) is 11.0 Å². The van der Waals surface area contributed by atoms with Gasteiger partial charge < -0.3 is 15.5 Å². The highest BCUT2D eigenvalue weighted by Crippen LogP contribution is 2.26. The Bertz CT molecular complexity index is 700. The molecule has 1 saturated carbocycles. The van der Waals surface area contributed by atoms with Crippen LogP contribution in [-0.2, 0) is 0 Å². The molecule has 2 fully saturated rings. The zero-order valence-corrected chi connectivity index (χ0v) is 13.8. The highest BCUT2D eigenvalue weighted by atomic mass is 16.2. The number of rotatable bonds is 3. The number of hydrogen-bond acceptors (Lipinski definition) is 4. The lowest BCUT2D eigenvalue weighted by Crippen LogP contribution is -2.48. The van der Waals surface area contributed by atoms with E-state index in [1.807, 2.05) is 18.2 Å². The number of amides is 2. The number of fused-ring (bicyclic) bond motifs is 1. The first-order chi connectivity index (χ1) is 11.8. The normalized spacial score (nSPS) is 20.5. The van der Waals surface area contributed by atoms with E-state index in [1.54, 1.807) is 0 Å². The van der Waals surface area contributed by atoms with E-state index in [4.69, 9.17) is 0 Å². The summed E-state index contributed by atoms with van der Waals surface area (Å²) in [5.41, 5.74) is 2.27. The summed E-state index contributed by atoms with van der Waals surface area (Å²) >= 11 is 0.